The van der Waals surface area contributed by atoms with E-state index in [9.17, 15) is 5.11 Å². The Morgan fingerprint density at radius 3 is 2.91 bits per heavy atom. The van der Waals surface area contributed by atoms with Gasteiger partial charge in [0.2, 0.25) is 0 Å². The fraction of sp³-hybridized carbons (Fsp3) is 0.800. The number of aliphatic hydroxyl groups excluding tert-OH is 1. The van der Waals surface area contributed by atoms with Crippen LogP contribution in [0.5, 0.6) is 0 Å². The predicted molar refractivity (Wildman–Crippen MR) is 45.3 cm³/mol. The monoisotopic (exact) mass is 152 g/mol. The molecule has 0 aromatic carbocycles. The molecule has 1 nitrogen and oxygen atoms in total. The van der Waals surface area contributed by atoms with Crippen molar-refractivity contribution in [2.24, 2.45) is 5.92 Å². The number of allylic oxidation sites excluding steroid dienone is 1. The zero-order valence-electron chi connectivity index (χ0n) is 6.92. The summed E-state index contributed by atoms with van der Waals surface area (Å²) < 4.78 is 0. The first-order chi connectivity index (χ1) is 5.36. The summed E-state index contributed by atoms with van der Waals surface area (Å²) in [5.74, 6) is 0.650. The van der Waals surface area contributed by atoms with Crippen molar-refractivity contribution >= 4 is 0 Å². The summed E-state index contributed by atoms with van der Waals surface area (Å²) >= 11 is 0. The maximum Gasteiger partial charge on any atom is 0.0605 e. The Kier molecular flexibility index (Phi) is 1.99. The molecule has 0 saturated heterocycles. The Morgan fingerprint density at radius 2 is 2.36 bits per heavy atom. The standard InChI is InChI=1S/C10H16O/c11-10(9-5-6-9)7-8-3-1-2-4-8/h3,9-11H,1-2,4-7H2. The molecule has 1 N–H and O–H groups in total. The van der Waals surface area contributed by atoms with Gasteiger partial charge in [0.05, 0.1) is 6.10 Å². The van der Waals surface area contributed by atoms with Crippen molar-refractivity contribution in [3.63, 3.8) is 0 Å². The van der Waals surface area contributed by atoms with Crippen LogP contribution in [0.1, 0.15) is 38.5 Å². The molecule has 0 bridgehead atoms. The van der Waals surface area contributed by atoms with Gasteiger partial charge in [0.15, 0.2) is 0 Å². The van der Waals surface area contributed by atoms with Crippen LogP contribution in [-0.2, 0) is 0 Å². The van der Waals surface area contributed by atoms with E-state index in [0.717, 1.165) is 6.42 Å². The summed E-state index contributed by atoms with van der Waals surface area (Å²) in [6.45, 7) is 0. The predicted octanol–water partition coefficient (Wildman–Crippen LogP) is 2.26. The smallest absolute Gasteiger partial charge is 0.0605 e. The van der Waals surface area contributed by atoms with Gasteiger partial charge < -0.3 is 5.11 Å². The summed E-state index contributed by atoms with van der Waals surface area (Å²) in [7, 11) is 0. The Labute approximate surface area is 68.1 Å². The van der Waals surface area contributed by atoms with Gasteiger partial charge in [-0.1, -0.05) is 11.6 Å². The molecule has 0 amide bonds. The quantitative estimate of drug-likeness (QED) is 0.615. The van der Waals surface area contributed by atoms with E-state index < -0.39 is 0 Å². The fourth-order valence-electron chi connectivity index (χ4n) is 1.84. The van der Waals surface area contributed by atoms with E-state index in [-0.39, 0.29) is 6.10 Å². The summed E-state index contributed by atoms with van der Waals surface area (Å²) in [5, 5.41) is 9.61. The fourth-order valence-corrected chi connectivity index (χ4v) is 1.84. The lowest BCUT2D eigenvalue weighted by molar-refractivity contribution is 0.151. The molecule has 0 heterocycles. The van der Waals surface area contributed by atoms with Gasteiger partial charge in [0.1, 0.15) is 0 Å². The Morgan fingerprint density at radius 1 is 1.55 bits per heavy atom. The van der Waals surface area contributed by atoms with Gasteiger partial charge in [0.25, 0.3) is 0 Å². The van der Waals surface area contributed by atoms with Crippen LogP contribution in [0.2, 0.25) is 0 Å². The molecule has 1 atom stereocenters. The first-order valence-corrected chi connectivity index (χ1v) is 4.72. The van der Waals surface area contributed by atoms with Gasteiger partial charge in [-0.05, 0) is 44.4 Å². The lowest BCUT2D eigenvalue weighted by Gasteiger charge is -2.08. The first kappa shape index (κ1) is 7.35. The highest BCUT2D eigenvalue weighted by molar-refractivity contribution is 5.09. The molecule has 1 saturated carbocycles. The van der Waals surface area contributed by atoms with Gasteiger partial charge in [0, 0.05) is 0 Å². The minimum Gasteiger partial charge on any atom is -0.393 e. The van der Waals surface area contributed by atoms with E-state index in [1.165, 1.54) is 37.7 Å². The van der Waals surface area contributed by atoms with Crippen molar-refractivity contribution in [2.75, 3.05) is 0 Å². The van der Waals surface area contributed by atoms with Crippen molar-refractivity contribution in [3.8, 4) is 0 Å². The highest BCUT2D eigenvalue weighted by Gasteiger charge is 2.30. The largest absolute Gasteiger partial charge is 0.393 e. The van der Waals surface area contributed by atoms with E-state index in [1.54, 1.807) is 0 Å². The zero-order chi connectivity index (χ0) is 7.68. The lowest BCUT2D eigenvalue weighted by atomic mass is 10.0. The number of rotatable bonds is 3. The number of aliphatic hydroxyl groups is 1. The van der Waals surface area contributed by atoms with Crippen LogP contribution in [0.25, 0.3) is 0 Å². The normalized spacial score (nSPS) is 26.8. The molecule has 2 aliphatic rings. The topological polar surface area (TPSA) is 20.2 Å². The maximum atomic E-state index is 9.61. The molecule has 0 radical (unpaired) electrons. The van der Waals surface area contributed by atoms with Crippen LogP contribution >= 0.6 is 0 Å². The minimum absolute atomic E-state index is 0.0145. The lowest BCUT2D eigenvalue weighted by Crippen LogP contribution is -2.09. The highest BCUT2D eigenvalue weighted by Crippen LogP contribution is 2.36. The van der Waals surface area contributed by atoms with Crippen LogP contribution in [-0.4, -0.2) is 11.2 Å². The molecule has 1 unspecified atom stereocenters. The molecule has 0 aliphatic heterocycles. The van der Waals surface area contributed by atoms with E-state index in [4.69, 9.17) is 0 Å². The molecule has 0 aromatic rings. The SMILES string of the molecule is OC(CC1=CCCC1)C1CC1. The molecular formula is C10H16O. The van der Waals surface area contributed by atoms with Crippen LogP contribution in [0, 0.1) is 5.92 Å². The van der Waals surface area contributed by atoms with Crippen molar-refractivity contribution < 1.29 is 5.11 Å². The second-order valence-corrected chi connectivity index (χ2v) is 3.86. The molecular weight excluding hydrogens is 136 g/mol. The second-order valence-electron chi connectivity index (χ2n) is 3.86. The van der Waals surface area contributed by atoms with Gasteiger partial charge >= 0.3 is 0 Å². The van der Waals surface area contributed by atoms with Gasteiger partial charge in [-0.15, -0.1) is 0 Å². The molecule has 1 heteroatoms. The van der Waals surface area contributed by atoms with E-state index in [2.05, 4.69) is 6.08 Å². The summed E-state index contributed by atoms with van der Waals surface area (Å²) in [4.78, 5) is 0. The first-order valence-electron chi connectivity index (χ1n) is 4.72. The second kappa shape index (κ2) is 2.98. The summed E-state index contributed by atoms with van der Waals surface area (Å²) in [6.07, 6.45) is 9.57. The van der Waals surface area contributed by atoms with Crippen LogP contribution in [0.4, 0.5) is 0 Å². The molecule has 11 heavy (non-hydrogen) atoms. The maximum absolute atomic E-state index is 9.61. The van der Waals surface area contributed by atoms with Crippen molar-refractivity contribution in [3.05, 3.63) is 11.6 Å². The molecule has 2 rings (SSSR count). The van der Waals surface area contributed by atoms with Gasteiger partial charge in [-0.3, -0.25) is 0 Å². The summed E-state index contributed by atoms with van der Waals surface area (Å²) in [5.41, 5.74) is 1.50. The van der Waals surface area contributed by atoms with Crippen LogP contribution in [0.15, 0.2) is 11.6 Å². The average Bonchev–Trinajstić information content (AvgIpc) is 2.73. The third-order valence-electron chi connectivity index (χ3n) is 2.77. The molecule has 1 fully saturated rings. The van der Waals surface area contributed by atoms with Gasteiger partial charge in [-0.25, -0.2) is 0 Å². The van der Waals surface area contributed by atoms with Crippen LogP contribution < -0.4 is 0 Å². The third-order valence-corrected chi connectivity index (χ3v) is 2.77. The van der Waals surface area contributed by atoms with Crippen LogP contribution in [0.3, 0.4) is 0 Å². The molecule has 62 valence electrons. The van der Waals surface area contributed by atoms with Crippen molar-refractivity contribution in [1.82, 2.24) is 0 Å². The average molecular weight is 152 g/mol. The third kappa shape index (κ3) is 1.84. The molecule has 2 aliphatic carbocycles. The van der Waals surface area contributed by atoms with E-state index in [1.807, 2.05) is 0 Å². The molecule has 0 aromatic heterocycles. The highest BCUT2D eigenvalue weighted by atomic mass is 16.3. The Hall–Kier alpha value is -0.300. The number of hydrogen-bond acceptors (Lipinski definition) is 1. The number of hydrogen-bond donors (Lipinski definition) is 1. The van der Waals surface area contributed by atoms with Gasteiger partial charge in [-0.2, -0.15) is 0 Å². The molecule has 0 spiro atoms. The van der Waals surface area contributed by atoms with E-state index in [0.29, 0.717) is 5.92 Å². The summed E-state index contributed by atoms with van der Waals surface area (Å²) in [6, 6.07) is 0. The Bertz CT molecular complexity index is 168. The van der Waals surface area contributed by atoms with E-state index >= 15 is 0 Å². The zero-order valence-corrected chi connectivity index (χ0v) is 6.92. The minimum atomic E-state index is -0.0145. The van der Waals surface area contributed by atoms with Crippen molar-refractivity contribution in [2.45, 2.75) is 44.6 Å². The van der Waals surface area contributed by atoms with Crippen molar-refractivity contribution in [1.29, 1.82) is 0 Å². The Balaban J connectivity index is 1.78.